The third-order valence-electron chi connectivity index (χ3n) is 2.20. The number of carbonyl (C=O) groups is 1. The number of nitrogens with one attached hydrogen (secondary N) is 1. The summed E-state index contributed by atoms with van der Waals surface area (Å²) in [5, 5.41) is 2.48. The SMILES string of the molecule is O=C(CCOCC(F)F)Nc1ccc(S(=O)(=O)Cl)c(Br)c1. The maximum atomic E-state index is 11.8. The van der Waals surface area contributed by atoms with Gasteiger partial charge in [-0.2, -0.15) is 0 Å². The molecule has 21 heavy (non-hydrogen) atoms. The van der Waals surface area contributed by atoms with Gasteiger partial charge in [-0.05, 0) is 34.1 Å². The van der Waals surface area contributed by atoms with Crippen molar-refractivity contribution in [3.63, 3.8) is 0 Å². The molecule has 1 rings (SSSR count). The average molecular weight is 407 g/mol. The Morgan fingerprint density at radius 2 is 2.10 bits per heavy atom. The fourth-order valence-corrected chi connectivity index (χ4v) is 3.56. The lowest BCUT2D eigenvalue weighted by molar-refractivity contribution is -0.117. The molecule has 0 aliphatic heterocycles. The van der Waals surface area contributed by atoms with Gasteiger partial charge in [-0.25, -0.2) is 17.2 Å². The minimum Gasteiger partial charge on any atom is -0.375 e. The minimum atomic E-state index is -3.88. The molecule has 0 radical (unpaired) electrons. The second kappa shape index (κ2) is 8.02. The van der Waals surface area contributed by atoms with Crippen LogP contribution < -0.4 is 5.32 Å². The standard InChI is InChI=1S/C11H11BrClF2NO4S/c12-8-5-7(1-2-9(8)21(13,18)19)16-11(17)3-4-20-6-10(14)15/h1-2,5,10H,3-4,6H2,(H,16,17). The Morgan fingerprint density at radius 1 is 1.43 bits per heavy atom. The summed E-state index contributed by atoms with van der Waals surface area (Å²) >= 11 is 3.03. The summed E-state index contributed by atoms with van der Waals surface area (Å²) in [6.45, 7) is -0.855. The van der Waals surface area contributed by atoms with E-state index < -0.39 is 28.0 Å². The van der Waals surface area contributed by atoms with Gasteiger partial charge in [0.05, 0.1) is 17.9 Å². The average Bonchev–Trinajstić information content (AvgIpc) is 2.33. The van der Waals surface area contributed by atoms with Gasteiger partial charge in [0, 0.05) is 20.8 Å². The molecule has 0 aliphatic carbocycles. The Labute approximate surface area is 133 Å². The van der Waals surface area contributed by atoms with Gasteiger partial charge >= 0.3 is 0 Å². The zero-order valence-corrected chi connectivity index (χ0v) is 13.6. The smallest absolute Gasteiger partial charge is 0.262 e. The molecule has 0 saturated carbocycles. The predicted molar refractivity (Wildman–Crippen MR) is 77.3 cm³/mol. The van der Waals surface area contributed by atoms with E-state index in [1.807, 2.05) is 0 Å². The maximum Gasteiger partial charge on any atom is 0.262 e. The van der Waals surface area contributed by atoms with Gasteiger partial charge in [0.2, 0.25) is 5.91 Å². The van der Waals surface area contributed by atoms with Crippen molar-refractivity contribution in [1.82, 2.24) is 0 Å². The van der Waals surface area contributed by atoms with E-state index in [0.29, 0.717) is 5.69 Å². The lowest BCUT2D eigenvalue weighted by atomic mass is 10.3. The van der Waals surface area contributed by atoms with Gasteiger partial charge in [0.15, 0.2) is 0 Å². The lowest BCUT2D eigenvalue weighted by Crippen LogP contribution is -2.15. The lowest BCUT2D eigenvalue weighted by Gasteiger charge is -2.08. The van der Waals surface area contributed by atoms with Crippen molar-refractivity contribution in [2.45, 2.75) is 17.7 Å². The Bertz CT molecular complexity index is 612. The normalized spacial score (nSPS) is 11.7. The van der Waals surface area contributed by atoms with E-state index >= 15 is 0 Å². The molecule has 1 amide bonds. The van der Waals surface area contributed by atoms with Crippen LogP contribution >= 0.6 is 26.6 Å². The highest BCUT2D eigenvalue weighted by molar-refractivity contribution is 9.10. The minimum absolute atomic E-state index is 0.0973. The van der Waals surface area contributed by atoms with E-state index in [1.54, 1.807) is 0 Å². The molecule has 10 heteroatoms. The van der Waals surface area contributed by atoms with Crippen LogP contribution in [-0.2, 0) is 18.6 Å². The molecule has 1 aromatic rings. The van der Waals surface area contributed by atoms with Crippen molar-refractivity contribution in [2.75, 3.05) is 18.5 Å². The zero-order valence-electron chi connectivity index (χ0n) is 10.5. The molecule has 118 valence electrons. The summed E-state index contributed by atoms with van der Waals surface area (Å²) in [5.74, 6) is -0.447. The molecule has 0 heterocycles. The molecular formula is C11H11BrClF2NO4S. The van der Waals surface area contributed by atoms with Crippen molar-refractivity contribution in [1.29, 1.82) is 0 Å². The first kappa shape index (κ1) is 18.3. The highest BCUT2D eigenvalue weighted by atomic mass is 79.9. The highest BCUT2D eigenvalue weighted by Crippen LogP contribution is 2.27. The van der Waals surface area contributed by atoms with Crippen LogP contribution in [0.5, 0.6) is 0 Å². The van der Waals surface area contributed by atoms with Gasteiger partial charge in [-0.3, -0.25) is 4.79 Å². The molecule has 0 fully saturated rings. The van der Waals surface area contributed by atoms with E-state index in [0.717, 1.165) is 0 Å². The van der Waals surface area contributed by atoms with Crippen molar-refractivity contribution in [2.24, 2.45) is 0 Å². The molecule has 5 nitrogen and oxygen atoms in total. The summed E-state index contributed by atoms with van der Waals surface area (Å²) in [7, 11) is 1.33. The molecule has 0 unspecified atom stereocenters. The number of rotatable bonds is 7. The second-order valence-corrected chi connectivity index (χ2v) is 7.24. The van der Waals surface area contributed by atoms with Crippen LogP contribution in [0.15, 0.2) is 27.6 Å². The third kappa shape index (κ3) is 6.68. The summed E-state index contributed by atoms with van der Waals surface area (Å²) in [6.07, 6.45) is -2.67. The number of hydrogen-bond acceptors (Lipinski definition) is 4. The van der Waals surface area contributed by atoms with Crippen LogP contribution in [-0.4, -0.2) is 34.0 Å². The van der Waals surface area contributed by atoms with Crippen molar-refractivity contribution >= 4 is 47.3 Å². The zero-order chi connectivity index (χ0) is 16.0. The fourth-order valence-electron chi connectivity index (χ4n) is 1.34. The van der Waals surface area contributed by atoms with Crippen molar-refractivity contribution < 1.29 is 26.7 Å². The molecule has 0 spiro atoms. The number of hydrogen-bond donors (Lipinski definition) is 1. The Morgan fingerprint density at radius 3 is 2.62 bits per heavy atom. The van der Waals surface area contributed by atoms with Crippen LogP contribution in [0.2, 0.25) is 0 Å². The molecule has 0 saturated heterocycles. The number of carbonyl (C=O) groups excluding carboxylic acids is 1. The first-order valence-corrected chi connectivity index (χ1v) is 8.70. The molecular weight excluding hydrogens is 396 g/mol. The second-order valence-electron chi connectivity index (χ2n) is 3.85. The molecule has 0 aromatic heterocycles. The van der Waals surface area contributed by atoms with E-state index in [9.17, 15) is 22.0 Å². The van der Waals surface area contributed by atoms with Crippen LogP contribution in [0, 0.1) is 0 Å². The maximum absolute atomic E-state index is 11.8. The first-order valence-electron chi connectivity index (χ1n) is 5.60. The quantitative estimate of drug-likeness (QED) is 0.558. The summed E-state index contributed by atoms with van der Waals surface area (Å²) < 4.78 is 50.7. The monoisotopic (exact) mass is 405 g/mol. The van der Waals surface area contributed by atoms with Crippen LogP contribution in [0.1, 0.15) is 6.42 Å². The topological polar surface area (TPSA) is 72.5 Å². The van der Waals surface area contributed by atoms with Crippen molar-refractivity contribution in [3.05, 3.63) is 22.7 Å². The Hall–Kier alpha value is -0.770. The third-order valence-corrected chi connectivity index (χ3v) is 4.49. The van der Waals surface area contributed by atoms with E-state index in [2.05, 4.69) is 26.0 Å². The summed E-state index contributed by atoms with van der Waals surface area (Å²) in [4.78, 5) is 11.4. The van der Waals surface area contributed by atoms with E-state index in [1.165, 1.54) is 18.2 Å². The number of anilines is 1. The van der Waals surface area contributed by atoms with Crippen LogP contribution in [0.25, 0.3) is 0 Å². The Kier molecular flexibility index (Phi) is 6.98. The summed E-state index contributed by atoms with van der Waals surface area (Å²) in [6, 6.07) is 3.96. The number of amides is 1. The molecule has 0 aliphatic rings. The summed E-state index contributed by atoms with van der Waals surface area (Å²) in [5.41, 5.74) is 0.338. The number of alkyl halides is 2. The number of halogens is 4. The van der Waals surface area contributed by atoms with Gasteiger partial charge in [-0.15, -0.1) is 0 Å². The van der Waals surface area contributed by atoms with Gasteiger partial charge in [-0.1, -0.05) is 0 Å². The highest BCUT2D eigenvalue weighted by Gasteiger charge is 2.15. The first-order chi connectivity index (χ1) is 9.70. The molecule has 1 aromatic carbocycles. The van der Waals surface area contributed by atoms with Crippen LogP contribution in [0.3, 0.4) is 0 Å². The van der Waals surface area contributed by atoms with Gasteiger partial charge in [0.1, 0.15) is 6.61 Å². The van der Waals surface area contributed by atoms with E-state index in [4.69, 9.17) is 10.7 Å². The van der Waals surface area contributed by atoms with Crippen molar-refractivity contribution in [3.8, 4) is 0 Å². The molecule has 1 N–H and O–H groups in total. The molecule has 0 bridgehead atoms. The van der Waals surface area contributed by atoms with Crippen LogP contribution in [0.4, 0.5) is 14.5 Å². The number of ether oxygens (including phenoxy) is 1. The van der Waals surface area contributed by atoms with E-state index in [-0.39, 0.29) is 22.4 Å². The predicted octanol–water partition coefficient (Wildman–Crippen LogP) is 2.99. The van der Waals surface area contributed by atoms with Gasteiger partial charge < -0.3 is 10.1 Å². The van der Waals surface area contributed by atoms with Gasteiger partial charge in [0.25, 0.3) is 15.5 Å². The largest absolute Gasteiger partial charge is 0.375 e. The molecule has 0 atom stereocenters. The fraction of sp³-hybridized carbons (Fsp3) is 0.364. The Balaban J connectivity index is 2.56. The number of benzene rings is 1.